The minimum Gasteiger partial charge on any atom is -0.341 e. The standard InChI is InChI=1S/C22H27FN4O/c23-19-9-7-18(8-10-19)21-20(15-24-25-21)22(28)27-12-4-11-26(13-14-27)16-17-5-2-1-3-6-17/h1-3,5-10,20-21,24-25H,4,11-16H2. The van der Waals surface area contributed by atoms with Crippen LogP contribution in [0, 0.1) is 11.7 Å². The molecule has 0 aliphatic carbocycles. The van der Waals surface area contributed by atoms with Gasteiger partial charge in [-0.2, -0.15) is 0 Å². The number of hydrazine groups is 1. The normalized spacial score (nSPS) is 23.5. The fourth-order valence-electron chi connectivity index (χ4n) is 4.14. The van der Waals surface area contributed by atoms with Gasteiger partial charge in [0.05, 0.1) is 12.0 Å². The van der Waals surface area contributed by atoms with Gasteiger partial charge in [0.15, 0.2) is 0 Å². The van der Waals surface area contributed by atoms with Crippen molar-refractivity contribution < 1.29 is 9.18 Å². The Hall–Kier alpha value is -2.28. The van der Waals surface area contributed by atoms with Crippen LogP contribution in [0.15, 0.2) is 54.6 Å². The maximum absolute atomic E-state index is 13.2. The highest BCUT2D eigenvalue weighted by molar-refractivity contribution is 5.80. The summed E-state index contributed by atoms with van der Waals surface area (Å²) < 4.78 is 13.2. The van der Waals surface area contributed by atoms with Crippen molar-refractivity contribution in [2.45, 2.75) is 19.0 Å². The molecule has 1 amide bonds. The van der Waals surface area contributed by atoms with Crippen LogP contribution >= 0.6 is 0 Å². The molecule has 0 spiro atoms. The molecule has 28 heavy (non-hydrogen) atoms. The molecule has 2 aliphatic heterocycles. The lowest BCUT2D eigenvalue weighted by molar-refractivity contribution is -0.135. The lowest BCUT2D eigenvalue weighted by atomic mass is 9.93. The number of amides is 1. The van der Waals surface area contributed by atoms with E-state index in [0.29, 0.717) is 6.54 Å². The second-order valence-corrected chi connectivity index (χ2v) is 7.60. The van der Waals surface area contributed by atoms with Gasteiger partial charge < -0.3 is 4.90 Å². The van der Waals surface area contributed by atoms with E-state index in [9.17, 15) is 9.18 Å². The minimum atomic E-state index is -0.261. The van der Waals surface area contributed by atoms with Gasteiger partial charge in [-0.15, -0.1) is 0 Å². The Balaban J connectivity index is 1.38. The maximum Gasteiger partial charge on any atom is 0.229 e. The fraction of sp³-hybridized carbons (Fsp3) is 0.409. The third kappa shape index (κ3) is 4.41. The molecule has 4 rings (SSSR count). The molecular weight excluding hydrogens is 355 g/mol. The number of nitrogens with one attached hydrogen (secondary N) is 2. The molecule has 148 valence electrons. The number of benzene rings is 2. The molecule has 2 saturated heterocycles. The number of nitrogens with zero attached hydrogens (tertiary/aromatic N) is 2. The average molecular weight is 382 g/mol. The molecule has 0 radical (unpaired) electrons. The Morgan fingerprint density at radius 1 is 1.00 bits per heavy atom. The largest absolute Gasteiger partial charge is 0.341 e. The van der Waals surface area contributed by atoms with Crippen molar-refractivity contribution in [3.63, 3.8) is 0 Å². The predicted molar refractivity (Wildman–Crippen MR) is 107 cm³/mol. The Bertz CT molecular complexity index is 783. The zero-order valence-electron chi connectivity index (χ0n) is 16.0. The van der Waals surface area contributed by atoms with Crippen LogP contribution in [0.3, 0.4) is 0 Å². The molecule has 5 nitrogen and oxygen atoms in total. The van der Waals surface area contributed by atoms with Crippen LogP contribution in [0.5, 0.6) is 0 Å². The van der Waals surface area contributed by atoms with Gasteiger partial charge in [0, 0.05) is 39.3 Å². The first-order valence-corrected chi connectivity index (χ1v) is 9.99. The number of carbonyl (C=O) groups is 1. The molecule has 2 heterocycles. The monoisotopic (exact) mass is 382 g/mol. The van der Waals surface area contributed by atoms with Crippen LogP contribution in [-0.4, -0.2) is 48.4 Å². The summed E-state index contributed by atoms with van der Waals surface area (Å²) in [5.41, 5.74) is 8.54. The molecule has 2 fully saturated rings. The maximum atomic E-state index is 13.2. The van der Waals surface area contributed by atoms with Gasteiger partial charge in [0.25, 0.3) is 0 Å². The minimum absolute atomic E-state index is 0.128. The molecule has 2 N–H and O–H groups in total. The van der Waals surface area contributed by atoms with Crippen molar-refractivity contribution in [3.05, 3.63) is 71.5 Å². The Kier molecular flexibility index (Phi) is 6.00. The highest BCUT2D eigenvalue weighted by Gasteiger charge is 2.36. The van der Waals surface area contributed by atoms with E-state index in [1.54, 1.807) is 12.1 Å². The first-order chi connectivity index (χ1) is 13.7. The van der Waals surface area contributed by atoms with Crippen LogP contribution in [0.4, 0.5) is 4.39 Å². The lowest BCUT2D eigenvalue weighted by Gasteiger charge is -2.27. The second kappa shape index (κ2) is 8.82. The quantitative estimate of drug-likeness (QED) is 0.852. The smallest absolute Gasteiger partial charge is 0.229 e. The van der Waals surface area contributed by atoms with E-state index in [1.807, 2.05) is 11.0 Å². The highest BCUT2D eigenvalue weighted by atomic mass is 19.1. The van der Waals surface area contributed by atoms with Crippen molar-refractivity contribution in [3.8, 4) is 0 Å². The summed E-state index contributed by atoms with van der Waals surface area (Å²) in [6.07, 6.45) is 0.980. The SMILES string of the molecule is O=C(C1CNNC1c1ccc(F)cc1)N1CCCN(Cc2ccccc2)CC1. The van der Waals surface area contributed by atoms with Crippen molar-refractivity contribution in [1.82, 2.24) is 20.7 Å². The van der Waals surface area contributed by atoms with Crippen LogP contribution in [0.25, 0.3) is 0 Å². The first kappa shape index (κ1) is 19.1. The zero-order chi connectivity index (χ0) is 19.3. The molecular formula is C22H27FN4O. The second-order valence-electron chi connectivity index (χ2n) is 7.60. The summed E-state index contributed by atoms with van der Waals surface area (Å²) in [5, 5.41) is 0. The highest BCUT2D eigenvalue weighted by Crippen LogP contribution is 2.27. The summed E-state index contributed by atoms with van der Waals surface area (Å²) in [7, 11) is 0. The van der Waals surface area contributed by atoms with E-state index in [-0.39, 0.29) is 23.7 Å². The molecule has 2 aliphatic rings. The van der Waals surface area contributed by atoms with Gasteiger partial charge in [-0.25, -0.2) is 9.82 Å². The van der Waals surface area contributed by atoms with E-state index < -0.39 is 0 Å². The Morgan fingerprint density at radius 2 is 1.79 bits per heavy atom. The zero-order valence-corrected chi connectivity index (χ0v) is 16.0. The van der Waals surface area contributed by atoms with E-state index in [0.717, 1.165) is 44.7 Å². The number of hydrogen-bond donors (Lipinski definition) is 2. The van der Waals surface area contributed by atoms with Gasteiger partial charge in [0.2, 0.25) is 5.91 Å². The van der Waals surface area contributed by atoms with Crippen molar-refractivity contribution in [2.24, 2.45) is 5.92 Å². The van der Waals surface area contributed by atoms with Crippen LogP contribution in [0.1, 0.15) is 23.6 Å². The Morgan fingerprint density at radius 3 is 2.57 bits per heavy atom. The predicted octanol–water partition coefficient (Wildman–Crippen LogP) is 2.33. The molecule has 0 saturated carbocycles. The summed E-state index contributed by atoms with van der Waals surface area (Å²) in [6.45, 7) is 4.93. The van der Waals surface area contributed by atoms with Crippen molar-refractivity contribution >= 4 is 5.91 Å². The first-order valence-electron chi connectivity index (χ1n) is 9.99. The number of halogens is 1. The van der Waals surface area contributed by atoms with Gasteiger partial charge in [-0.1, -0.05) is 42.5 Å². The molecule has 0 aromatic heterocycles. The summed E-state index contributed by atoms with van der Waals surface area (Å²) in [4.78, 5) is 17.6. The van der Waals surface area contributed by atoms with Crippen LogP contribution in [-0.2, 0) is 11.3 Å². The molecule has 2 aromatic rings. The summed E-state index contributed by atoms with van der Waals surface area (Å²) in [5.74, 6) is -0.261. The number of rotatable bonds is 4. The van der Waals surface area contributed by atoms with Gasteiger partial charge in [0.1, 0.15) is 5.82 Å². The molecule has 2 unspecified atom stereocenters. The topological polar surface area (TPSA) is 47.6 Å². The van der Waals surface area contributed by atoms with Gasteiger partial charge in [-0.05, 0) is 29.7 Å². The average Bonchev–Trinajstić information content (AvgIpc) is 3.09. The number of carbonyl (C=O) groups excluding carboxylic acids is 1. The fourth-order valence-corrected chi connectivity index (χ4v) is 4.14. The molecule has 2 aromatic carbocycles. The van der Waals surface area contributed by atoms with Gasteiger partial charge >= 0.3 is 0 Å². The number of hydrogen-bond acceptors (Lipinski definition) is 4. The van der Waals surface area contributed by atoms with Crippen LogP contribution < -0.4 is 10.9 Å². The molecule has 0 bridgehead atoms. The molecule has 2 atom stereocenters. The third-order valence-corrected chi connectivity index (χ3v) is 5.68. The Labute approximate surface area is 165 Å². The van der Waals surface area contributed by atoms with E-state index in [2.05, 4.69) is 40.0 Å². The lowest BCUT2D eigenvalue weighted by Crippen LogP contribution is -2.41. The van der Waals surface area contributed by atoms with Crippen molar-refractivity contribution in [1.29, 1.82) is 0 Å². The summed E-state index contributed by atoms with van der Waals surface area (Å²) in [6, 6.07) is 16.7. The van der Waals surface area contributed by atoms with E-state index >= 15 is 0 Å². The van der Waals surface area contributed by atoms with Gasteiger partial charge in [-0.3, -0.25) is 15.1 Å². The van der Waals surface area contributed by atoms with Crippen molar-refractivity contribution in [2.75, 3.05) is 32.7 Å². The van der Waals surface area contributed by atoms with E-state index in [4.69, 9.17) is 0 Å². The molecule has 6 heteroatoms. The third-order valence-electron chi connectivity index (χ3n) is 5.68. The van der Waals surface area contributed by atoms with Crippen LogP contribution in [0.2, 0.25) is 0 Å². The summed E-state index contributed by atoms with van der Waals surface area (Å²) >= 11 is 0. The van der Waals surface area contributed by atoms with E-state index in [1.165, 1.54) is 17.7 Å².